The van der Waals surface area contributed by atoms with Crippen molar-refractivity contribution in [1.82, 2.24) is 9.88 Å². The summed E-state index contributed by atoms with van der Waals surface area (Å²) in [6.45, 7) is 6.84. The van der Waals surface area contributed by atoms with E-state index < -0.39 is 11.6 Å². The van der Waals surface area contributed by atoms with Crippen molar-refractivity contribution in [2.24, 2.45) is 5.92 Å². The van der Waals surface area contributed by atoms with Gasteiger partial charge in [-0.25, -0.2) is 13.8 Å². The van der Waals surface area contributed by atoms with Crippen LogP contribution < -0.4 is 0 Å². The predicted molar refractivity (Wildman–Crippen MR) is 84.9 cm³/mol. The maximum Gasteiger partial charge on any atom is 0.226 e. The van der Waals surface area contributed by atoms with Crippen LogP contribution >= 0.6 is 0 Å². The van der Waals surface area contributed by atoms with Crippen molar-refractivity contribution in [2.45, 2.75) is 39.7 Å². The van der Waals surface area contributed by atoms with E-state index in [1.54, 1.807) is 0 Å². The molecule has 0 unspecified atom stereocenters. The zero-order chi connectivity index (χ0) is 16.4. The fraction of sp³-hybridized carbons (Fsp3) is 0.500. The van der Waals surface area contributed by atoms with Crippen LogP contribution in [0.15, 0.2) is 22.6 Å². The number of hydrogen-bond acceptors (Lipinski definition) is 3. The van der Waals surface area contributed by atoms with Crippen LogP contribution in [-0.2, 0) is 6.54 Å². The van der Waals surface area contributed by atoms with E-state index in [0.717, 1.165) is 43.7 Å². The molecule has 3 rings (SSSR count). The monoisotopic (exact) mass is 320 g/mol. The first-order valence-electron chi connectivity index (χ1n) is 8.20. The Morgan fingerprint density at radius 3 is 2.52 bits per heavy atom. The van der Waals surface area contributed by atoms with Gasteiger partial charge in [-0.1, -0.05) is 6.92 Å². The molecule has 1 aliphatic rings. The van der Waals surface area contributed by atoms with E-state index in [-0.39, 0.29) is 5.89 Å². The minimum atomic E-state index is -0.626. The minimum Gasteiger partial charge on any atom is -0.441 e. The van der Waals surface area contributed by atoms with Crippen LogP contribution in [0.1, 0.15) is 37.6 Å². The highest BCUT2D eigenvalue weighted by Gasteiger charge is 2.25. The second kappa shape index (κ2) is 6.79. The summed E-state index contributed by atoms with van der Waals surface area (Å²) in [4.78, 5) is 6.86. The summed E-state index contributed by atoms with van der Waals surface area (Å²) in [5, 5.41) is 0. The van der Waals surface area contributed by atoms with Gasteiger partial charge in [-0.2, -0.15) is 0 Å². The molecule has 1 aromatic carbocycles. The van der Waals surface area contributed by atoms with Crippen molar-refractivity contribution < 1.29 is 13.2 Å². The van der Waals surface area contributed by atoms with Crippen LogP contribution in [-0.4, -0.2) is 23.0 Å². The van der Waals surface area contributed by atoms with E-state index in [0.29, 0.717) is 11.3 Å². The van der Waals surface area contributed by atoms with Crippen LogP contribution in [0.25, 0.3) is 11.5 Å². The number of oxazole rings is 1. The number of halogens is 2. The van der Waals surface area contributed by atoms with Crippen molar-refractivity contribution in [2.75, 3.05) is 13.1 Å². The second-order valence-electron chi connectivity index (χ2n) is 6.36. The first-order valence-corrected chi connectivity index (χ1v) is 8.20. The molecule has 1 heterocycles. The van der Waals surface area contributed by atoms with Gasteiger partial charge in [0.2, 0.25) is 5.89 Å². The molecule has 0 spiro atoms. The molecule has 5 heteroatoms. The van der Waals surface area contributed by atoms with Crippen LogP contribution in [0, 0.1) is 24.5 Å². The van der Waals surface area contributed by atoms with E-state index in [1.807, 2.05) is 6.92 Å². The third-order valence-electron chi connectivity index (χ3n) is 4.13. The summed E-state index contributed by atoms with van der Waals surface area (Å²) in [5.74, 6) is 0.545. The fourth-order valence-corrected chi connectivity index (χ4v) is 2.80. The summed E-state index contributed by atoms with van der Waals surface area (Å²) in [5.41, 5.74) is 1.18. The highest BCUT2D eigenvalue weighted by molar-refractivity contribution is 5.53. The molecular formula is C18H22F2N2O. The third kappa shape index (κ3) is 4.16. The average Bonchev–Trinajstić information content (AvgIpc) is 3.21. The number of aryl methyl sites for hydroxylation is 1. The van der Waals surface area contributed by atoms with E-state index in [2.05, 4.69) is 16.8 Å². The van der Waals surface area contributed by atoms with Gasteiger partial charge in [-0.05, 0) is 50.8 Å². The Morgan fingerprint density at radius 2 is 1.91 bits per heavy atom. The SMILES string of the molecule is CCCN(Cc1nc(-c2cc(F)cc(F)c2)oc1C)CC1CC1. The lowest BCUT2D eigenvalue weighted by atomic mass is 10.2. The lowest BCUT2D eigenvalue weighted by Gasteiger charge is -2.20. The van der Waals surface area contributed by atoms with Gasteiger partial charge in [0.05, 0.1) is 5.69 Å². The van der Waals surface area contributed by atoms with Crippen LogP contribution in [0.4, 0.5) is 8.78 Å². The van der Waals surface area contributed by atoms with Gasteiger partial charge in [-0.3, -0.25) is 4.90 Å². The van der Waals surface area contributed by atoms with E-state index >= 15 is 0 Å². The molecule has 0 aliphatic heterocycles. The second-order valence-corrected chi connectivity index (χ2v) is 6.36. The van der Waals surface area contributed by atoms with Gasteiger partial charge in [0.25, 0.3) is 0 Å². The summed E-state index contributed by atoms with van der Waals surface area (Å²) in [7, 11) is 0. The topological polar surface area (TPSA) is 29.3 Å². The number of nitrogens with zero attached hydrogens (tertiary/aromatic N) is 2. The molecule has 1 saturated carbocycles. The highest BCUT2D eigenvalue weighted by atomic mass is 19.1. The van der Waals surface area contributed by atoms with Gasteiger partial charge < -0.3 is 4.42 Å². The molecule has 0 N–H and O–H groups in total. The molecule has 23 heavy (non-hydrogen) atoms. The zero-order valence-electron chi connectivity index (χ0n) is 13.6. The Bertz CT molecular complexity index is 659. The Labute approximate surface area is 135 Å². The van der Waals surface area contributed by atoms with Gasteiger partial charge in [0, 0.05) is 24.7 Å². The summed E-state index contributed by atoms with van der Waals surface area (Å²) >= 11 is 0. The van der Waals surface area contributed by atoms with Crippen molar-refractivity contribution in [3.05, 3.63) is 41.3 Å². The molecule has 1 fully saturated rings. The van der Waals surface area contributed by atoms with E-state index in [9.17, 15) is 8.78 Å². The average molecular weight is 320 g/mol. The maximum atomic E-state index is 13.4. The molecule has 0 bridgehead atoms. The van der Waals surface area contributed by atoms with Gasteiger partial charge in [-0.15, -0.1) is 0 Å². The Kier molecular flexibility index (Phi) is 4.76. The first-order chi connectivity index (χ1) is 11.0. The van der Waals surface area contributed by atoms with Gasteiger partial charge >= 0.3 is 0 Å². The van der Waals surface area contributed by atoms with E-state index in [1.165, 1.54) is 25.0 Å². The van der Waals surface area contributed by atoms with Gasteiger partial charge in [0.15, 0.2) is 0 Å². The molecule has 0 amide bonds. The zero-order valence-corrected chi connectivity index (χ0v) is 13.6. The molecule has 0 radical (unpaired) electrons. The molecular weight excluding hydrogens is 298 g/mol. The summed E-state index contributed by atoms with van der Waals surface area (Å²) < 4.78 is 32.4. The molecule has 0 atom stereocenters. The van der Waals surface area contributed by atoms with Crippen LogP contribution in [0.2, 0.25) is 0 Å². The first kappa shape index (κ1) is 16.1. The van der Waals surface area contributed by atoms with Crippen molar-refractivity contribution in [3.8, 4) is 11.5 Å². The predicted octanol–water partition coefficient (Wildman–Crippen LogP) is 4.55. The molecule has 124 valence electrons. The van der Waals surface area contributed by atoms with Crippen molar-refractivity contribution in [3.63, 3.8) is 0 Å². The molecule has 1 aliphatic carbocycles. The maximum absolute atomic E-state index is 13.4. The molecule has 3 nitrogen and oxygen atoms in total. The lowest BCUT2D eigenvalue weighted by molar-refractivity contribution is 0.251. The lowest BCUT2D eigenvalue weighted by Crippen LogP contribution is -2.26. The number of aromatic nitrogens is 1. The summed E-state index contributed by atoms with van der Waals surface area (Å²) in [6.07, 6.45) is 3.71. The Morgan fingerprint density at radius 1 is 1.22 bits per heavy atom. The van der Waals surface area contributed by atoms with Gasteiger partial charge in [0.1, 0.15) is 17.4 Å². The highest BCUT2D eigenvalue weighted by Crippen LogP contribution is 2.31. The molecule has 2 aromatic rings. The molecule has 0 saturated heterocycles. The molecule has 1 aromatic heterocycles. The van der Waals surface area contributed by atoms with Crippen molar-refractivity contribution >= 4 is 0 Å². The summed E-state index contributed by atoms with van der Waals surface area (Å²) in [6, 6.07) is 3.33. The van der Waals surface area contributed by atoms with E-state index in [4.69, 9.17) is 4.42 Å². The number of hydrogen-bond donors (Lipinski definition) is 0. The smallest absolute Gasteiger partial charge is 0.226 e. The van der Waals surface area contributed by atoms with Crippen LogP contribution in [0.3, 0.4) is 0 Å². The standard InChI is InChI=1S/C18H22F2N2O/c1-3-6-22(10-13-4-5-13)11-17-12(2)23-18(21-17)14-7-15(19)9-16(20)8-14/h7-9,13H,3-6,10-11H2,1-2H3. The number of benzene rings is 1. The third-order valence-corrected chi connectivity index (χ3v) is 4.13. The normalized spacial score (nSPS) is 14.7. The Hall–Kier alpha value is -1.75. The van der Waals surface area contributed by atoms with Crippen LogP contribution in [0.5, 0.6) is 0 Å². The fourth-order valence-electron chi connectivity index (χ4n) is 2.80. The minimum absolute atomic E-state index is 0.277. The van der Waals surface area contributed by atoms with Crippen molar-refractivity contribution in [1.29, 1.82) is 0 Å². The number of rotatable bonds is 7. The quantitative estimate of drug-likeness (QED) is 0.749. The Balaban J connectivity index is 1.79. The largest absolute Gasteiger partial charge is 0.441 e.